The van der Waals surface area contributed by atoms with Crippen molar-refractivity contribution in [3.8, 4) is 5.75 Å². The summed E-state index contributed by atoms with van der Waals surface area (Å²) >= 11 is 0. The molecule has 11 nitrogen and oxygen atoms in total. The van der Waals surface area contributed by atoms with Crippen LogP contribution in [0.15, 0.2) is 48.5 Å². The predicted octanol–water partition coefficient (Wildman–Crippen LogP) is 2.35. The molecule has 11 heteroatoms. The molecule has 47 heavy (non-hydrogen) atoms. The summed E-state index contributed by atoms with van der Waals surface area (Å²) in [6.07, 6.45) is 3.61. The number of nitrogens with zero attached hydrogens (tertiary/aromatic N) is 2. The first-order valence-electron chi connectivity index (χ1n) is 17.1. The van der Waals surface area contributed by atoms with Crippen LogP contribution in [0.25, 0.3) is 0 Å². The van der Waals surface area contributed by atoms with Crippen LogP contribution in [0.3, 0.4) is 0 Å². The zero-order valence-corrected chi connectivity index (χ0v) is 27.5. The molecule has 2 aromatic carbocycles. The molecule has 3 N–H and O–H groups in total. The number of hydrogen-bond donors (Lipinski definition) is 3. The summed E-state index contributed by atoms with van der Waals surface area (Å²) in [6, 6.07) is 13.7. The third-order valence-corrected chi connectivity index (χ3v) is 9.43. The number of morpholine rings is 1. The van der Waals surface area contributed by atoms with E-state index in [0.717, 1.165) is 54.8 Å². The normalized spacial score (nSPS) is 23.5. The van der Waals surface area contributed by atoms with E-state index in [4.69, 9.17) is 9.47 Å². The van der Waals surface area contributed by atoms with Crippen LogP contribution in [0, 0.1) is 12.8 Å². The lowest BCUT2D eigenvalue weighted by Crippen LogP contribution is -2.55. The average Bonchev–Trinajstić information content (AvgIpc) is 3.09. The van der Waals surface area contributed by atoms with Crippen LogP contribution in [0.4, 0.5) is 0 Å². The molecule has 4 bridgehead atoms. The van der Waals surface area contributed by atoms with Gasteiger partial charge in [-0.15, -0.1) is 0 Å². The highest BCUT2D eigenvalue weighted by molar-refractivity contribution is 5.95. The van der Waals surface area contributed by atoms with E-state index in [1.807, 2.05) is 55.5 Å². The Balaban J connectivity index is 1.36. The molecule has 4 amide bonds. The Labute approximate surface area is 277 Å². The number of aryl methyl sites for hydroxylation is 2. The molecule has 254 valence electrons. The highest BCUT2D eigenvalue weighted by atomic mass is 16.5. The number of rotatable bonds is 7. The van der Waals surface area contributed by atoms with Gasteiger partial charge >= 0.3 is 0 Å². The van der Waals surface area contributed by atoms with Crippen molar-refractivity contribution >= 4 is 23.6 Å². The average molecular weight is 648 g/mol. The van der Waals surface area contributed by atoms with Gasteiger partial charge in [0.1, 0.15) is 17.8 Å². The van der Waals surface area contributed by atoms with Crippen molar-refractivity contribution in [2.75, 3.05) is 52.5 Å². The Bertz CT molecular complexity index is 1360. The maximum Gasteiger partial charge on any atom is 0.243 e. The molecule has 2 fully saturated rings. The third-order valence-electron chi connectivity index (χ3n) is 9.43. The SMILES string of the molecule is Cc1ccc2cc1CNC(=O)[C@H](CCc1ccccc1)NC(=O)[C@@H](NC(=O)CCN1CCOCC1)CC(=O)N1CCCC(CCO2)C1. The molecule has 0 aromatic heterocycles. The largest absolute Gasteiger partial charge is 0.494 e. The van der Waals surface area contributed by atoms with Crippen molar-refractivity contribution in [2.45, 2.75) is 70.5 Å². The van der Waals surface area contributed by atoms with Crippen molar-refractivity contribution in [1.82, 2.24) is 25.8 Å². The van der Waals surface area contributed by atoms with Gasteiger partial charge in [0.05, 0.1) is 26.2 Å². The van der Waals surface area contributed by atoms with Gasteiger partial charge in [0.2, 0.25) is 23.6 Å². The van der Waals surface area contributed by atoms with Gasteiger partial charge in [-0.25, -0.2) is 0 Å². The number of fused-ring (bicyclic) bond motifs is 4. The Morgan fingerprint density at radius 3 is 2.60 bits per heavy atom. The van der Waals surface area contributed by atoms with E-state index < -0.39 is 18.0 Å². The number of hydrogen-bond acceptors (Lipinski definition) is 7. The lowest BCUT2D eigenvalue weighted by Gasteiger charge is -2.34. The minimum Gasteiger partial charge on any atom is -0.494 e. The van der Waals surface area contributed by atoms with Gasteiger partial charge in [-0.1, -0.05) is 36.4 Å². The maximum absolute atomic E-state index is 13.9. The molecule has 3 aliphatic heterocycles. The van der Waals surface area contributed by atoms with Gasteiger partial charge < -0.3 is 30.3 Å². The van der Waals surface area contributed by atoms with Crippen molar-refractivity contribution in [2.24, 2.45) is 5.92 Å². The topological polar surface area (TPSA) is 129 Å². The van der Waals surface area contributed by atoms with Gasteiger partial charge in [0, 0.05) is 45.7 Å². The van der Waals surface area contributed by atoms with Crippen LogP contribution in [0.5, 0.6) is 5.75 Å². The van der Waals surface area contributed by atoms with Crippen molar-refractivity contribution in [3.63, 3.8) is 0 Å². The quantitative estimate of drug-likeness (QED) is 0.421. The molecule has 3 atom stereocenters. The van der Waals surface area contributed by atoms with Crippen LogP contribution in [0.2, 0.25) is 0 Å². The molecule has 0 spiro atoms. The molecule has 3 aliphatic rings. The Morgan fingerprint density at radius 1 is 0.979 bits per heavy atom. The molecule has 5 rings (SSSR count). The van der Waals surface area contributed by atoms with E-state index >= 15 is 0 Å². The fourth-order valence-corrected chi connectivity index (χ4v) is 6.46. The van der Waals surface area contributed by atoms with E-state index in [1.165, 1.54) is 0 Å². The second-order valence-electron chi connectivity index (χ2n) is 12.9. The molecular formula is C36H49N5O6. The van der Waals surface area contributed by atoms with Gasteiger partial charge in [-0.05, 0) is 73.8 Å². The van der Waals surface area contributed by atoms with Crippen LogP contribution in [-0.4, -0.2) is 98.1 Å². The predicted molar refractivity (Wildman–Crippen MR) is 178 cm³/mol. The Morgan fingerprint density at radius 2 is 1.79 bits per heavy atom. The Kier molecular flexibility index (Phi) is 12.6. The number of piperidine rings is 1. The van der Waals surface area contributed by atoms with E-state index in [1.54, 1.807) is 4.90 Å². The highest BCUT2D eigenvalue weighted by Gasteiger charge is 2.32. The van der Waals surface area contributed by atoms with E-state index in [-0.39, 0.29) is 43.0 Å². The number of benzene rings is 2. The number of amides is 4. The van der Waals surface area contributed by atoms with Gasteiger partial charge in [0.15, 0.2) is 0 Å². The van der Waals surface area contributed by atoms with Gasteiger partial charge in [-0.2, -0.15) is 0 Å². The maximum atomic E-state index is 13.9. The monoisotopic (exact) mass is 647 g/mol. The molecule has 1 unspecified atom stereocenters. The fourth-order valence-electron chi connectivity index (χ4n) is 6.46. The number of carbonyl (C=O) groups is 4. The van der Waals surface area contributed by atoms with Crippen LogP contribution in [0.1, 0.15) is 55.2 Å². The van der Waals surface area contributed by atoms with Gasteiger partial charge in [-0.3, -0.25) is 24.1 Å². The van der Waals surface area contributed by atoms with Crippen molar-refractivity contribution < 1.29 is 28.7 Å². The van der Waals surface area contributed by atoms with Crippen LogP contribution < -0.4 is 20.7 Å². The fraction of sp³-hybridized carbons (Fsp3) is 0.556. The molecule has 3 heterocycles. The third kappa shape index (κ3) is 10.5. The van der Waals surface area contributed by atoms with Gasteiger partial charge in [0.25, 0.3) is 0 Å². The summed E-state index contributed by atoms with van der Waals surface area (Å²) in [5.74, 6) is -0.324. The zero-order valence-electron chi connectivity index (χ0n) is 27.5. The second-order valence-corrected chi connectivity index (χ2v) is 12.9. The number of ether oxygens (including phenoxy) is 2. The summed E-state index contributed by atoms with van der Waals surface area (Å²) in [6.45, 7) is 7.27. The lowest BCUT2D eigenvalue weighted by atomic mass is 9.94. The summed E-state index contributed by atoms with van der Waals surface area (Å²) in [4.78, 5) is 58.3. The van der Waals surface area contributed by atoms with E-state index in [9.17, 15) is 19.2 Å². The summed E-state index contributed by atoms with van der Waals surface area (Å²) in [5, 5.41) is 8.77. The molecule has 0 radical (unpaired) electrons. The van der Waals surface area contributed by atoms with Crippen molar-refractivity contribution in [3.05, 3.63) is 65.2 Å². The first-order valence-corrected chi connectivity index (χ1v) is 17.1. The first kappa shape index (κ1) is 34.4. The summed E-state index contributed by atoms with van der Waals surface area (Å²) in [5.41, 5.74) is 3.00. The molecule has 2 saturated heterocycles. The standard InChI is InChI=1S/C36H49N5O6/c1-26-9-11-30-22-29(26)24-37-35(44)31(12-10-27-6-3-2-4-7-27)39-36(45)32(38-33(42)13-16-40-17-20-46-21-18-40)23-34(43)41-15-5-8-28(25-41)14-19-47-30/h2-4,6-7,9,11,22,28,31-32H,5,8,10,12-21,23-25H2,1H3,(H,37,44)(H,38,42)(H,39,45)/t28?,31-,32-/m0/s1. The van der Waals surface area contributed by atoms with Crippen molar-refractivity contribution in [1.29, 1.82) is 0 Å². The minimum absolute atomic E-state index is 0.171. The number of carbonyl (C=O) groups excluding carboxylic acids is 4. The molecular weight excluding hydrogens is 598 g/mol. The Hall–Kier alpha value is -3.96. The summed E-state index contributed by atoms with van der Waals surface area (Å²) < 4.78 is 11.5. The number of nitrogens with one attached hydrogen (secondary N) is 3. The molecule has 2 aromatic rings. The first-order chi connectivity index (χ1) is 22.8. The summed E-state index contributed by atoms with van der Waals surface area (Å²) in [7, 11) is 0. The smallest absolute Gasteiger partial charge is 0.243 e. The van der Waals surface area contributed by atoms with E-state index in [2.05, 4.69) is 20.9 Å². The minimum atomic E-state index is -1.10. The second kappa shape index (κ2) is 17.3. The molecule has 0 saturated carbocycles. The molecule has 0 aliphatic carbocycles. The lowest BCUT2D eigenvalue weighted by molar-refractivity contribution is -0.138. The zero-order chi connectivity index (χ0) is 33.0. The van der Waals surface area contributed by atoms with Crippen LogP contribution >= 0.6 is 0 Å². The van der Waals surface area contributed by atoms with Crippen LogP contribution in [-0.2, 0) is 36.9 Å². The highest BCUT2D eigenvalue weighted by Crippen LogP contribution is 2.23. The van der Waals surface area contributed by atoms with E-state index in [0.29, 0.717) is 52.3 Å².